The minimum Gasteiger partial charge on any atom is -0.550 e. The predicted octanol–water partition coefficient (Wildman–Crippen LogP) is 1.91. The van der Waals surface area contributed by atoms with Gasteiger partial charge in [-0.15, -0.1) is 11.3 Å². The Morgan fingerprint density at radius 3 is 2.56 bits per heavy atom. The summed E-state index contributed by atoms with van der Waals surface area (Å²) in [7, 11) is 0. The second kappa shape index (κ2) is 7.56. The second-order valence-corrected chi connectivity index (χ2v) is 7.69. The zero-order chi connectivity index (χ0) is 18.0. The van der Waals surface area contributed by atoms with E-state index in [9.17, 15) is 19.5 Å². The average molecular weight is 364 g/mol. The molecule has 1 saturated carbocycles. The number of thiophene rings is 1. The lowest BCUT2D eigenvalue weighted by atomic mass is 9.79. The van der Waals surface area contributed by atoms with Gasteiger partial charge in [0.2, 0.25) is 5.91 Å². The zero-order valence-corrected chi connectivity index (χ0v) is 15.1. The molecule has 1 aromatic rings. The van der Waals surface area contributed by atoms with E-state index in [2.05, 4.69) is 5.32 Å². The van der Waals surface area contributed by atoms with Crippen LogP contribution >= 0.6 is 11.3 Å². The fourth-order valence-corrected chi connectivity index (χ4v) is 5.12. The second-order valence-electron chi connectivity index (χ2n) is 6.59. The molecule has 3 rings (SSSR count). The summed E-state index contributed by atoms with van der Waals surface area (Å²) in [5, 5.41) is 14.7. The number of anilines is 1. The lowest BCUT2D eigenvalue weighted by Crippen LogP contribution is -2.42. The number of carboxylic acids is 1. The number of hydrogen-bond acceptors (Lipinski definition) is 6. The first-order chi connectivity index (χ1) is 12.0. The van der Waals surface area contributed by atoms with E-state index in [0.29, 0.717) is 23.4 Å². The van der Waals surface area contributed by atoms with Crippen LogP contribution in [0.2, 0.25) is 0 Å². The zero-order valence-electron chi connectivity index (χ0n) is 14.3. The molecule has 0 aliphatic heterocycles. The summed E-state index contributed by atoms with van der Waals surface area (Å²) in [4.78, 5) is 37.5. The Labute approximate surface area is 150 Å². The summed E-state index contributed by atoms with van der Waals surface area (Å²) in [6.45, 7) is 2.02. The van der Waals surface area contributed by atoms with Crippen LogP contribution < -0.4 is 10.4 Å². The molecule has 1 heterocycles. The van der Waals surface area contributed by atoms with Crippen LogP contribution in [0.25, 0.3) is 0 Å². The number of esters is 1. The molecule has 2 aliphatic rings. The molecule has 25 heavy (non-hydrogen) atoms. The Balaban J connectivity index is 1.83. The van der Waals surface area contributed by atoms with Crippen molar-refractivity contribution in [3.05, 3.63) is 16.0 Å². The molecule has 1 N–H and O–H groups in total. The van der Waals surface area contributed by atoms with Crippen LogP contribution in [0.1, 0.15) is 59.8 Å². The third-order valence-electron chi connectivity index (χ3n) is 5.04. The van der Waals surface area contributed by atoms with E-state index < -0.39 is 23.8 Å². The highest BCUT2D eigenvalue weighted by atomic mass is 32.1. The predicted molar refractivity (Wildman–Crippen MR) is 91.4 cm³/mol. The van der Waals surface area contributed by atoms with Crippen LogP contribution in [0.4, 0.5) is 5.00 Å². The number of aliphatic carboxylic acids is 1. The number of carbonyl (C=O) groups excluding carboxylic acids is 3. The fourth-order valence-electron chi connectivity index (χ4n) is 3.84. The summed E-state index contributed by atoms with van der Waals surface area (Å²) in [6.07, 6.45) is 5.32. The highest BCUT2D eigenvalue weighted by molar-refractivity contribution is 7.17. The maximum absolute atomic E-state index is 12.7. The normalized spacial score (nSPS) is 22.3. The molecule has 1 aromatic heterocycles. The number of hydrogen-bond donors (Lipinski definition) is 1. The molecule has 0 bridgehead atoms. The molecule has 0 spiro atoms. The first-order valence-corrected chi connectivity index (χ1v) is 9.68. The minimum atomic E-state index is -1.17. The Hall–Kier alpha value is -1.89. The number of amides is 1. The first-order valence-electron chi connectivity index (χ1n) is 8.86. The molecular formula is C18H22NO5S-. The van der Waals surface area contributed by atoms with Crippen molar-refractivity contribution in [1.29, 1.82) is 0 Å². The standard InChI is InChI=1S/C18H23NO5S/c1-2-24-18(23)14-12-8-5-9-13(12)25-16(14)19-15(20)10-6-3-4-7-11(10)17(21)22/h10-11H,2-9H2,1H3,(H,19,20)(H,21,22)/p-1/t10-,11+/m1/s1. The van der Waals surface area contributed by atoms with E-state index in [1.165, 1.54) is 11.3 Å². The molecule has 1 amide bonds. The van der Waals surface area contributed by atoms with Crippen LogP contribution in [0.15, 0.2) is 0 Å². The van der Waals surface area contributed by atoms with Gasteiger partial charge in [-0.2, -0.15) is 0 Å². The summed E-state index contributed by atoms with van der Waals surface area (Å²) < 4.78 is 5.15. The van der Waals surface area contributed by atoms with Gasteiger partial charge in [-0.05, 0) is 44.6 Å². The smallest absolute Gasteiger partial charge is 0.341 e. The summed E-state index contributed by atoms with van der Waals surface area (Å²) in [6, 6.07) is 0. The molecule has 136 valence electrons. The Morgan fingerprint density at radius 2 is 1.88 bits per heavy atom. The molecule has 2 atom stereocenters. The first kappa shape index (κ1) is 17.9. The Kier molecular flexibility index (Phi) is 5.42. The number of carboxylic acid groups (broad SMARTS) is 1. The van der Waals surface area contributed by atoms with Gasteiger partial charge in [-0.3, -0.25) is 4.79 Å². The van der Waals surface area contributed by atoms with Gasteiger partial charge in [0.15, 0.2) is 0 Å². The number of ether oxygens (including phenoxy) is 1. The van der Waals surface area contributed by atoms with Crippen molar-refractivity contribution in [2.75, 3.05) is 11.9 Å². The van der Waals surface area contributed by atoms with Crippen LogP contribution in [0.3, 0.4) is 0 Å². The van der Waals surface area contributed by atoms with Gasteiger partial charge >= 0.3 is 5.97 Å². The fraction of sp³-hybridized carbons (Fsp3) is 0.611. The minimum absolute atomic E-state index is 0.270. The van der Waals surface area contributed by atoms with Crippen LogP contribution in [0.5, 0.6) is 0 Å². The van der Waals surface area contributed by atoms with E-state index in [1.807, 2.05) is 0 Å². The maximum Gasteiger partial charge on any atom is 0.341 e. The summed E-state index contributed by atoms with van der Waals surface area (Å²) >= 11 is 1.41. The van der Waals surface area contributed by atoms with Crippen molar-refractivity contribution < 1.29 is 24.2 Å². The Bertz CT molecular complexity index is 696. The van der Waals surface area contributed by atoms with E-state index in [-0.39, 0.29) is 12.5 Å². The lowest BCUT2D eigenvalue weighted by Gasteiger charge is -2.31. The highest BCUT2D eigenvalue weighted by Gasteiger charge is 2.34. The molecule has 2 aliphatic carbocycles. The molecule has 0 saturated heterocycles. The monoisotopic (exact) mass is 364 g/mol. The number of carbonyl (C=O) groups is 3. The maximum atomic E-state index is 12.7. The van der Waals surface area contributed by atoms with E-state index in [0.717, 1.165) is 42.5 Å². The van der Waals surface area contributed by atoms with E-state index >= 15 is 0 Å². The van der Waals surface area contributed by atoms with Gasteiger partial charge in [0.25, 0.3) is 0 Å². The van der Waals surface area contributed by atoms with Crippen molar-refractivity contribution in [2.45, 2.75) is 51.9 Å². The van der Waals surface area contributed by atoms with Gasteiger partial charge in [0.1, 0.15) is 5.00 Å². The van der Waals surface area contributed by atoms with E-state index in [4.69, 9.17) is 4.74 Å². The van der Waals surface area contributed by atoms with Crippen LogP contribution in [-0.2, 0) is 27.2 Å². The van der Waals surface area contributed by atoms with Crippen LogP contribution in [-0.4, -0.2) is 24.5 Å². The van der Waals surface area contributed by atoms with Gasteiger partial charge in [0.05, 0.1) is 12.2 Å². The summed E-state index contributed by atoms with van der Waals surface area (Å²) in [5.74, 6) is -3.28. The molecule has 1 fully saturated rings. The van der Waals surface area contributed by atoms with Gasteiger partial charge in [-0.1, -0.05) is 12.8 Å². The van der Waals surface area contributed by atoms with Crippen molar-refractivity contribution in [3.8, 4) is 0 Å². The summed E-state index contributed by atoms with van der Waals surface area (Å²) in [5.41, 5.74) is 1.42. The molecule has 7 heteroatoms. The highest BCUT2D eigenvalue weighted by Crippen LogP contribution is 2.40. The molecule has 6 nitrogen and oxygen atoms in total. The quantitative estimate of drug-likeness (QED) is 0.805. The lowest BCUT2D eigenvalue weighted by molar-refractivity contribution is -0.313. The Morgan fingerprint density at radius 1 is 1.16 bits per heavy atom. The third kappa shape index (κ3) is 3.56. The molecule has 0 aromatic carbocycles. The molecule has 0 radical (unpaired) electrons. The molecule has 0 unspecified atom stereocenters. The molecular weight excluding hydrogens is 342 g/mol. The largest absolute Gasteiger partial charge is 0.550 e. The number of nitrogens with one attached hydrogen (secondary N) is 1. The number of rotatable bonds is 5. The topological polar surface area (TPSA) is 95.5 Å². The third-order valence-corrected chi connectivity index (χ3v) is 6.25. The van der Waals surface area contributed by atoms with Crippen molar-refractivity contribution >= 4 is 34.2 Å². The average Bonchev–Trinajstić information content (AvgIpc) is 3.15. The van der Waals surface area contributed by atoms with Gasteiger partial charge < -0.3 is 20.0 Å². The van der Waals surface area contributed by atoms with E-state index in [1.54, 1.807) is 6.92 Å². The SMILES string of the molecule is CCOC(=O)c1c(NC(=O)[C@@H]2CCCC[C@@H]2C(=O)[O-])sc2c1CCC2. The van der Waals surface area contributed by atoms with Gasteiger partial charge in [-0.25, -0.2) is 4.79 Å². The van der Waals surface area contributed by atoms with Crippen molar-refractivity contribution in [1.82, 2.24) is 0 Å². The number of aryl methyl sites for hydroxylation is 1. The van der Waals surface area contributed by atoms with Gasteiger partial charge in [0, 0.05) is 22.7 Å². The van der Waals surface area contributed by atoms with Crippen LogP contribution in [0, 0.1) is 11.8 Å². The number of fused-ring (bicyclic) bond motifs is 1. The van der Waals surface area contributed by atoms with Crippen molar-refractivity contribution in [3.63, 3.8) is 0 Å². The van der Waals surface area contributed by atoms with Crippen molar-refractivity contribution in [2.24, 2.45) is 11.8 Å².